The summed E-state index contributed by atoms with van der Waals surface area (Å²) < 4.78 is 15.2. The Morgan fingerprint density at radius 1 is 1.56 bits per heavy atom. The molecule has 94 valence electrons. The van der Waals surface area contributed by atoms with Crippen molar-refractivity contribution in [2.45, 2.75) is 25.9 Å². The van der Waals surface area contributed by atoms with Crippen LogP contribution in [-0.4, -0.2) is 57.1 Å². The molecule has 1 unspecified atom stereocenters. The van der Waals surface area contributed by atoms with Crippen LogP contribution >= 0.6 is 0 Å². The number of carbonyl (C=O) groups is 1. The summed E-state index contributed by atoms with van der Waals surface area (Å²) in [6, 6.07) is 0. The number of esters is 1. The summed E-state index contributed by atoms with van der Waals surface area (Å²) in [5.41, 5.74) is 0. The van der Waals surface area contributed by atoms with E-state index < -0.39 is 0 Å². The van der Waals surface area contributed by atoms with Crippen LogP contribution < -0.4 is 0 Å². The van der Waals surface area contributed by atoms with Crippen LogP contribution in [0.25, 0.3) is 0 Å². The van der Waals surface area contributed by atoms with Crippen molar-refractivity contribution >= 4 is 5.97 Å². The van der Waals surface area contributed by atoms with Crippen LogP contribution in [0, 0.1) is 0 Å². The van der Waals surface area contributed by atoms with Gasteiger partial charge in [0.25, 0.3) is 0 Å². The molecule has 0 aromatic heterocycles. The first kappa shape index (κ1) is 13.4. The van der Waals surface area contributed by atoms with Crippen LogP contribution in [0.3, 0.4) is 0 Å². The standard InChI is InChI=1S/C11H21NO4/c1-3-12(6-4-11(13)14-2)8-10-5-7-15-9-16-10/h10H,3-9H2,1-2H3. The molecule has 1 heterocycles. The highest BCUT2D eigenvalue weighted by molar-refractivity contribution is 5.69. The fraction of sp³-hybridized carbons (Fsp3) is 0.909. The van der Waals surface area contributed by atoms with Crippen LogP contribution in [0.15, 0.2) is 0 Å². The molecule has 1 fully saturated rings. The zero-order chi connectivity index (χ0) is 11.8. The number of rotatable bonds is 6. The van der Waals surface area contributed by atoms with Gasteiger partial charge in [-0.25, -0.2) is 0 Å². The molecule has 0 amide bonds. The van der Waals surface area contributed by atoms with Gasteiger partial charge in [0.15, 0.2) is 0 Å². The van der Waals surface area contributed by atoms with Gasteiger partial charge in [-0.05, 0) is 13.0 Å². The molecule has 0 aromatic rings. The van der Waals surface area contributed by atoms with Crippen molar-refractivity contribution in [1.82, 2.24) is 4.90 Å². The van der Waals surface area contributed by atoms with Gasteiger partial charge < -0.3 is 19.1 Å². The molecule has 5 heteroatoms. The number of ether oxygens (including phenoxy) is 3. The number of hydrogen-bond acceptors (Lipinski definition) is 5. The van der Waals surface area contributed by atoms with Crippen molar-refractivity contribution in [2.75, 3.05) is 40.1 Å². The minimum atomic E-state index is -0.161. The fourth-order valence-electron chi connectivity index (χ4n) is 1.66. The average Bonchev–Trinajstić information content (AvgIpc) is 2.35. The molecule has 0 saturated carbocycles. The molecule has 0 N–H and O–H groups in total. The van der Waals surface area contributed by atoms with Crippen molar-refractivity contribution in [2.24, 2.45) is 0 Å². The predicted molar refractivity (Wildman–Crippen MR) is 59.1 cm³/mol. The zero-order valence-electron chi connectivity index (χ0n) is 10.1. The molecule has 16 heavy (non-hydrogen) atoms. The molecule has 1 saturated heterocycles. The minimum absolute atomic E-state index is 0.161. The van der Waals surface area contributed by atoms with E-state index in [0.29, 0.717) is 13.2 Å². The van der Waals surface area contributed by atoms with Gasteiger partial charge in [-0.2, -0.15) is 0 Å². The molecule has 5 nitrogen and oxygen atoms in total. The lowest BCUT2D eigenvalue weighted by Crippen LogP contribution is -2.38. The van der Waals surface area contributed by atoms with Gasteiger partial charge in [0, 0.05) is 13.1 Å². The van der Waals surface area contributed by atoms with Crippen molar-refractivity contribution in [3.05, 3.63) is 0 Å². The van der Waals surface area contributed by atoms with E-state index in [-0.39, 0.29) is 12.1 Å². The van der Waals surface area contributed by atoms with E-state index in [4.69, 9.17) is 9.47 Å². The number of hydrogen-bond donors (Lipinski definition) is 0. The molecule has 1 rings (SSSR count). The van der Waals surface area contributed by atoms with Gasteiger partial charge in [-0.1, -0.05) is 6.92 Å². The van der Waals surface area contributed by atoms with Crippen molar-refractivity contribution in [3.8, 4) is 0 Å². The van der Waals surface area contributed by atoms with E-state index >= 15 is 0 Å². The lowest BCUT2D eigenvalue weighted by Gasteiger charge is -2.28. The molecule has 0 aliphatic carbocycles. The average molecular weight is 231 g/mol. The molecular formula is C11H21NO4. The Morgan fingerprint density at radius 3 is 2.94 bits per heavy atom. The SMILES string of the molecule is CCN(CCC(=O)OC)CC1CCOCO1. The van der Waals surface area contributed by atoms with Gasteiger partial charge in [0.2, 0.25) is 0 Å². The first-order valence-corrected chi connectivity index (χ1v) is 5.74. The molecule has 1 aliphatic rings. The Balaban J connectivity index is 2.22. The number of methoxy groups -OCH3 is 1. The smallest absolute Gasteiger partial charge is 0.306 e. The van der Waals surface area contributed by atoms with Crippen LogP contribution in [0.5, 0.6) is 0 Å². The van der Waals surface area contributed by atoms with Gasteiger partial charge in [0.1, 0.15) is 6.79 Å². The van der Waals surface area contributed by atoms with Gasteiger partial charge >= 0.3 is 5.97 Å². The van der Waals surface area contributed by atoms with Crippen LogP contribution in [0.4, 0.5) is 0 Å². The number of carbonyl (C=O) groups excluding carboxylic acids is 1. The quantitative estimate of drug-likeness (QED) is 0.628. The van der Waals surface area contributed by atoms with Crippen LogP contribution in [0.1, 0.15) is 19.8 Å². The molecule has 1 atom stereocenters. The Hall–Kier alpha value is -0.650. The second-order valence-corrected chi connectivity index (χ2v) is 3.82. The second-order valence-electron chi connectivity index (χ2n) is 3.82. The molecule has 0 bridgehead atoms. The minimum Gasteiger partial charge on any atom is -0.469 e. The predicted octanol–water partition coefficient (Wildman–Crippen LogP) is 0.634. The normalized spacial score (nSPS) is 21.1. The molecule has 0 radical (unpaired) electrons. The number of nitrogens with zero attached hydrogens (tertiary/aromatic N) is 1. The van der Waals surface area contributed by atoms with Gasteiger partial charge in [-0.15, -0.1) is 0 Å². The van der Waals surface area contributed by atoms with E-state index in [1.165, 1.54) is 7.11 Å². The Morgan fingerprint density at radius 2 is 2.38 bits per heavy atom. The van der Waals surface area contributed by atoms with E-state index in [9.17, 15) is 4.79 Å². The lowest BCUT2D eigenvalue weighted by atomic mass is 10.2. The highest BCUT2D eigenvalue weighted by Crippen LogP contribution is 2.08. The van der Waals surface area contributed by atoms with Gasteiger partial charge in [0.05, 0.1) is 26.2 Å². The third kappa shape index (κ3) is 4.92. The van der Waals surface area contributed by atoms with E-state index in [1.54, 1.807) is 0 Å². The maximum Gasteiger partial charge on any atom is 0.306 e. The summed E-state index contributed by atoms with van der Waals surface area (Å²) >= 11 is 0. The van der Waals surface area contributed by atoms with E-state index in [0.717, 1.165) is 32.7 Å². The van der Waals surface area contributed by atoms with Crippen LogP contribution in [-0.2, 0) is 19.0 Å². The molecule has 0 spiro atoms. The zero-order valence-corrected chi connectivity index (χ0v) is 10.1. The lowest BCUT2D eigenvalue weighted by molar-refractivity contribution is -0.147. The third-order valence-electron chi connectivity index (χ3n) is 2.74. The Labute approximate surface area is 96.6 Å². The Bertz CT molecular complexity index is 204. The maximum atomic E-state index is 11.0. The van der Waals surface area contributed by atoms with Crippen molar-refractivity contribution in [1.29, 1.82) is 0 Å². The summed E-state index contributed by atoms with van der Waals surface area (Å²) in [5.74, 6) is -0.161. The first-order chi connectivity index (χ1) is 7.76. The monoisotopic (exact) mass is 231 g/mol. The fourth-order valence-corrected chi connectivity index (χ4v) is 1.66. The molecular weight excluding hydrogens is 210 g/mol. The summed E-state index contributed by atoms with van der Waals surface area (Å²) in [5, 5.41) is 0. The maximum absolute atomic E-state index is 11.0. The van der Waals surface area contributed by atoms with Crippen LogP contribution in [0.2, 0.25) is 0 Å². The summed E-state index contributed by atoms with van der Waals surface area (Å²) in [6.07, 6.45) is 1.59. The third-order valence-corrected chi connectivity index (χ3v) is 2.74. The molecule has 0 aromatic carbocycles. The van der Waals surface area contributed by atoms with Crippen molar-refractivity contribution < 1.29 is 19.0 Å². The largest absolute Gasteiger partial charge is 0.469 e. The summed E-state index contributed by atoms with van der Waals surface area (Å²) in [4.78, 5) is 13.2. The molecule has 1 aliphatic heterocycles. The number of likely N-dealkylation sites (N-methyl/N-ethyl adjacent to an activating group) is 1. The van der Waals surface area contributed by atoms with Gasteiger partial charge in [-0.3, -0.25) is 4.79 Å². The second kappa shape index (κ2) is 7.60. The Kier molecular flexibility index (Phi) is 6.37. The highest BCUT2D eigenvalue weighted by atomic mass is 16.7. The van der Waals surface area contributed by atoms with E-state index in [2.05, 4.69) is 16.6 Å². The first-order valence-electron chi connectivity index (χ1n) is 5.74. The van der Waals surface area contributed by atoms with Crippen molar-refractivity contribution in [3.63, 3.8) is 0 Å². The topological polar surface area (TPSA) is 48.0 Å². The summed E-state index contributed by atoms with van der Waals surface area (Å²) in [6.45, 7) is 5.73. The highest BCUT2D eigenvalue weighted by Gasteiger charge is 2.17. The van der Waals surface area contributed by atoms with E-state index in [1.807, 2.05) is 0 Å². The summed E-state index contributed by atoms with van der Waals surface area (Å²) in [7, 11) is 1.42.